The molecule has 0 fully saturated rings. The van der Waals surface area contributed by atoms with Crippen LogP contribution in [0.2, 0.25) is 5.02 Å². The molecule has 2 rings (SSSR count). The Kier molecular flexibility index (Phi) is 4.52. The number of ether oxygens (including phenoxy) is 1. The van der Waals surface area contributed by atoms with E-state index in [2.05, 4.69) is 20.3 Å². The molecule has 0 saturated heterocycles. The highest BCUT2D eigenvalue weighted by atomic mass is 35.5. The Morgan fingerprint density at radius 1 is 1.21 bits per heavy atom. The predicted molar refractivity (Wildman–Crippen MR) is 74.8 cm³/mol. The number of hydrogen-bond donors (Lipinski definition) is 1. The topological polar surface area (TPSA) is 59.9 Å². The standard InChI is InChI=1S/C13H15ClN4O/c1-9-16-12(18-13(17-9)19-2)15-8-7-10-5-3-4-6-11(10)14/h3-6H,7-8H2,1-2H3,(H,15,16,17,18). The van der Waals surface area contributed by atoms with E-state index in [1.807, 2.05) is 24.3 Å². The van der Waals surface area contributed by atoms with Crippen molar-refractivity contribution in [3.8, 4) is 6.01 Å². The Hall–Kier alpha value is -1.88. The molecule has 0 spiro atoms. The molecule has 6 heteroatoms. The second-order valence-corrected chi connectivity index (χ2v) is 4.37. The lowest BCUT2D eigenvalue weighted by atomic mass is 10.1. The smallest absolute Gasteiger partial charge is 0.321 e. The first kappa shape index (κ1) is 13.5. The van der Waals surface area contributed by atoms with Gasteiger partial charge in [-0.1, -0.05) is 29.8 Å². The van der Waals surface area contributed by atoms with Gasteiger partial charge in [0.2, 0.25) is 5.95 Å². The fraction of sp³-hybridized carbons (Fsp3) is 0.308. The van der Waals surface area contributed by atoms with Crippen molar-refractivity contribution >= 4 is 17.5 Å². The number of nitrogens with zero attached hydrogens (tertiary/aromatic N) is 3. The third kappa shape index (κ3) is 3.79. The summed E-state index contributed by atoms with van der Waals surface area (Å²) < 4.78 is 5.00. The number of aromatic nitrogens is 3. The number of aryl methyl sites for hydroxylation is 1. The molecule has 2 aromatic rings. The van der Waals surface area contributed by atoms with Gasteiger partial charge >= 0.3 is 6.01 Å². The monoisotopic (exact) mass is 278 g/mol. The molecule has 5 nitrogen and oxygen atoms in total. The van der Waals surface area contributed by atoms with Crippen LogP contribution in [0.15, 0.2) is 24.3 Å². The number of hydrogen-bond acceptors (Lipinski definition) is 5. The fourth-order valence-corrected chi connectivity index (χ4v) is 1.87. The van der Waals surface area contributed by atoms with E-state index in [-0.39, 0.29) is 0 Å². The van der Waals surface area contributed by atoms with Gasteiger partial charge in [0.1, 0.15) is 5.82 Å². The molecule has 1 aromatic carbocycles. The minimum absolute atomic E-state index is 0.313. The minimum atomic E-state index is 0.313. The van der Waals surface area contributed by atoms with E-state index in [0.29, 0.717) is 24.3 Å². The van der Waals surface area contributed by atoms with Gasteiger partial charge in [0.15, 0.2) is 0 Å². The largest absolute Gasteiger partial charge is 0.467 e. The molecule has 0 saturated carbocycles. The van der Waals surface area contributed by atoms with Crippen LogP contribution in [0.25, 0.3) is 0 Å². The first-order valence-electron chi connectivity index (χ1n) is 5.93. The van der Waals surface area contributed by atoms with E-state index in [9.17, 15) is 0 Å². The summed E-state index contributed by atoms with van der Waals surface area (Å²) in [6.45, 7) is 2.49. The molecule has 1 aromatic heterocycles. The summed E-state index contributed by atoms with van der Waals surface area (Å²) in [5.74, 6) is 1.13. The van der Waals surface area contributed by atoms with Crippen LogP contribution in [0.3, 0.4) is 0 Å². The van der Waals surface area contributed by atoms with E-state index in [1.54, 1.807) is 6.92 Å². The second kappa shape index (κ2) is 6.33. The van der Waals surface area contributed by atoms with Crippen molar-refractivity contribution in [1.82, 2.24) is 15.0 Å². The van der Waals surface area contributed by atoms with Gasteiger partial charge in [-0.15, -0.1) is 0 Å². The molecule has 0 unspecified atom stereocenters. The molecule has 100 valence electrons. The highest BCUT2D eigenvalue weighted by Crippen LogP contribution is 2.15. The SMILES string of the molecule is COc1nc(C)nc(NCCc2ccccc2Cl)n1. The van der Waals surface area contributed by atoms with Gasteiger partial charge in [0.25, 0.3) is 0 Å². The van der Waals surface area contributed by atoms with Crippen molar-refractivity contribution < 1.29 is 4.74 Å². The van der Waals surface area contributed by atoms with Crippen molar-refractivity contribution in [2.24, 2.45) is 0 Å². The molecule has 1 heterocycles. The maximum atomic E-state index is 6.09. The minimum Gasteiger partial charge on any atom is -0.467 e. The predicted octanol–water partition coefficient (Wildman–Crippen LogP) is 2.50. The number of halogens is 1. The van der Waals surface area contributed by atoms with E-state index in [1.165, 1.54) is 7.11 Å². The summed E-state index contributed by atoms with van der Waals surface area (Å²) in [7, 11) is 1.53. The van der Waals surface area contributed by atoms with Crippen LogP contribution in [0.5, 0.6) is 6.01 Å². The zero-order valence-corrected chi connectivity index (χ0v) is 11.6. The molecule has 0 atom stereocenters. The van der Waals surface area contributed by atoms with E-state index < -0.39 is 0 Å². The van der Waals surface area contributed by atoms with Gasteiger partial charge in [-0.25, -0.2) is 0 Å². The Morgan fingerprint density at radius 3 is 2.74 bits per heavy atom. The number of anilines is 1. The number of rotatable bonds is 5. The summed E-state index contributed by atoms with van der Waals surface area (Å²) >= 11 is 6.09. The van der Waals surface area contributed by atoms with Crippen molar-refractivity contribution in [2.45, 2.75) is 13.3 Å². The van der Waals surface area contributed by atoms with Gasteiger partial charge in [0, 0.05) is 11.6 Å². The summed E-state index contributed by atoms with van der Waals surface area (Å²) in [5, 5.41) is 3.91. The quantitative estimate of drug-likeness (QED) is 0.910. The summed E-state index contributed by atoms with van der Waals surface area (Å²) in [4.78, 5) is 12.3. The van der Waals surface area contributed by atoms with Crippen LogP contribution in [-0.2, 0) is 6.42 Å². The Morgan fingerprint density at radius 2 is 2.00 bits per heavy atom. The Balaban J connectivity index is 1.96. The molecule has 0 aliphatic heterocycles. The molecular weight excluding hydrogens is 264 g/mol. The van der Waals surface area contributed by atoms with Crippen molar-refractivity contribution in [3.63, 3.8) is 0 Å². The third-order valence-corrected chi connectivity index (χ3v) is 2.91. The molecule has 19 heavy (non-hydrogen) atoms. The lowest BCUT2D eigenvalue weighted by Gasteiger charge is -2.07. The lowest BCUT2D eigenvalue weighted by Crippen LogP contribution is -2.10. The summed E-state index contributed by atoms with van der Waals surface area (Å²) in [6.07, 6.45) is 0.798. The maximum absolute atomic E-state index is 6.09. The van der Waals surface area contributed by atoms with E-state index in [4.69, 9.17) is 16.3 Å². The highest BCUT2D eigenvalue weighted by molar-refractivity contribution is 6.31. The number of nitrogens with one attached hydrogen (secondary N) is 1. The van der Waals surface area contributed by atoms with Crippen LogP contribution in [0.1, 0.15) is 11.4 Å². The maximum Gasteiger partial charge on any atom is 0.321 e. The average Bonchev–Trinajstić information content (AvgIpc) is 2.40. The molecule has 0 amide bonds. The highest BCUT2D eigenvalue weighted by Gasteiger charge is 2.04. The molecule has 0 aliphatic carbocycles. The first-order chi connectivity index (χ1) is 9.19. The van der Waals surface area contributed by atoms with Crippen LogP contribution >= 0.6 is 11.6 Å². The summed E-state index contributed by atoms with van der Waals surface area (Å²) in [6, 6.07) is 8.08. The van der Waals surface area contributed by atoms with Crippen LogP contribution in [-0.4, -0.2) is 28.6 Å². The van der Waals surface area contributed by atoms with Gasteiger partial charge in [-0.2, -0.15) is 15.0 Å². The fourth-order valence-electron chi connectivity index (χ4n) is 1.64. The van der Waals surface area contributed by atoms with Gasteiger partial charge in [0.05, 0.1) is 7.11 Å². The normalized spacial score (nSPS) is 10.3. The Bertz CT molecular complexity index is 562. The second-order valence-electron chi connectivity index (χ2n) is 3.96. The molecule has 1 N–H and O–H groups in total. The third-order valence-electron chi connectivity index (χ3n) is 2.54. The zero-order chi connectivity index (χ0) is 13.7. The van der Waals surface area contributed by atoms with Crippen LogP contribution in [0, 0.1) is 6.92 Å². The number of methoxy groups -OCH3 is 1. The van der Waals surface area contributed by atoms with Gasteiger partial charge in [-0.05, 0) is 25.0 Å². The lowest BCUT2D eigenvalue weighted by molar-refractivity contribution is 0.377. The van der Waals surface area contributed by atoms with E-state index >= 15 is 0 Å². The zero-order valence-electron chi connectivity index (χ0n) is 10.9. The van der Waals surface area contributed by atoms with Gasteiger partial charge < -0.3 is 10.1 Å². The summed E-state index contributed by atoms with van der Waals surface area (Å²) in [5.41, 5.74) is 1.09. The van der Waals surface area contributed by atoms with Crippen molar-refractivity contribution in [3.05, 3.63) is 40.7 Å². The van der Waals surface area contributed by atoms with Gasteiger partial charge in [-0.3, -0.25) is 0 Å². The van der Waals surface area contributed by atoms with Crippen molar-refractivity contribution in [2.75, 3.05) is 19.0 Å². The number of benzene rings is 1. The van der Waals surface area contributed by atoms with Crippen LogP contribution < -0.4 is 10.1 Å². The molecule has 0 bridgehead atoms. The van der Waals surface area contributed by atoms with E-state index in [0.717, 1.165) is 17.0 Å². The average molecular weight is 279 g/mol. The van der Waals surface area contributed by atoms with Crippen molar-refractivity contribution in [1.29, 1.82) is 0 Å². The Labute approximate surface area is 117 Å². The van der Waals surface area contributed by atoms with Crippen LogP contribution in [0.4, 0.5) is 5.95 Å². The molecule has 0 aliphatic rings. The molecule has 0 radical (unpaired) electrons. The molecular formula is C13H15ClN4O. The first-order valence-corrected chi connectivity index (χ1v) is 6.31.